The first-order chi connectivity index (χ1) is 13.1. The Morgan fingerprint density at radius 2 is 1.93 bits per heavy atom. The van der Waals surface area contributed by atoms with E-state index in [0.717, 1.165) is 27.1 Å². The molecule has 1 saturated heterocycles. The molecule has 2 N–H and O–H groups in total. The number of aromatic nitrogens is 1. The minimum atomic E-state index is -0.848. The van der Waals surface area contributed by atoms with Crippen molar-refractivity contribution in [2.75, 3.05) is 6.54 Å². The molecule has 3 rings (SSSR count). The molecule has 0 spiro atoms. The molecule has 0 aliphatic carbocycles. The van der Waals surface area contributed by atoms with Crippen molar-refractivity contribution in [3.8, 4) is 11.1 Å². The summed E-state index contributed by atoms with van der Waals surface area (Å²) in [6.45, 7) is 7.90. The lowest BCUT2D eigenvalue weighted by atomic mass is 9.97. The van der Waals surface area contributed by atoms with E-state index in [0.29, 0.717) is 19.4 Å². The fraction of sp³-hybridized carbons (Fsp3) is 0.455. The molecule has 2 unspecified atom stereocenters. The molecular formula is C22H29N2O4+. The van der Waals surface area contributed by atoms with E-state index in [9.17, 15) is 15.1 Å². The molecule has 2 aromatic rings. The van der Waals surface area contributed by atoms with Crippen molar-refractivity contribution in [2.45, 2.75) is 58.3 Å². The number of cyclic esters (lactones) is 1. The van der Waals surface area contributed by atoms with Gasteiger partial charge in [0, 0.05) is 43.2 Å². The highest BCUT2D eigenvalue weighted by atomic mass is 16.6. The van der Waals surface area contributed by atoms with Crippen molar-refractivity contribution in [2.24, 2.45) is 0 Å². The van der Waals surface area contributed by atoms with Gasteiger partial charge in [0.25, 0.3) is 0 Å². The topological polar surface area (TPSA) is 73.9 Å². The molecule has 1 aromatic heterocycles. The number of pyridine rings is 1. The van der Waals surface area contributed by atoms with Crippen LogP contribution in [0.15, 0.2) is 42.6 Å². The zero-order valence-corrected chi connectivity index (χ0v) is 16.9. The van der Waals surface area contributed by atoms with Gasteiger partial charge in [-0.2, -0.15) is 0 Å². The second-order valence-electron chi connectivity index (χ2n) is 8.20. The van der Waals surface area contributed by atoms with Gasteiger partial charge in [0.1, 0.15) is 6.10 Å². The fourth-order valence-electron chi connectivity index (χ4n) is 3.62. The molecule has 1 aliphatic rings. The number of aliphatic hydroxyl groups is 1. The van der Waals surface area contributed by atoms with Crippen molar-refractivity contribution in [1.29, 1.82) is 0 Å². The number of aryl methyl sites for hydroxylation is 1. The summed E-state index contributed by atoms with van der Waals surface area (Å²) in [5, 5.41) is 19.6. The molecule has 28 heavy (non-hydrogen) atoms. The van der Waals surface area contributed by atoms with Crippen LogP contribution in [-0.2, 0) is 4.74 Å². The Kier molecular flexibility index (Phi) is 5.61. The largest absolute Gasteiger partial charge is 0.446 e. The summed E-state index contributed by atoms with van der Waals surface area (Å²) in [7, 11) is 0. The highest BCUT2D eigenvalue weighted by Gasteiger charge is 2.33. The number of ether oxygens (including phenoxy) is 1. The normalized spacial score (nSPS) is 18.7. The average Bonchev–Trinajstić information content (AvgIpc) is 2.62. The van der Waals surface area contributed by atoms with Crippen LogP contribution >= 0.6 is 0 Å². The average molecular weight is 385 g/mol. The van der Waals surface area contributed by atoms with E-state index in [2.05, 4.69) is 0 Å². The SMILES string of the molecule is Cc1cc(-c2ccc(C(C)N3CCC(CC(C)(C)O)OC3=O)cc2)cc[n+]1O. The lowest BCUT2D eigenvalue weighted by Crippen LogP contribution is -2.45. The first kappa shape index (κ1) is 20.1. The Morgan fingerprint density at radius 3 is 2.50 bits per heavy atom. The maximum atomic E-state index is 12.5. The van der Waals surface area contributed by atoms with Gasteiger partial charge in [-0.1, -0.05) is 24.3 Å². The Hall–Kier alpha value is -2.60. The molecule has 0 saturated carbocycles. The van der Waals surface area contributed by atoms with Crippen LogP contribution < -0.4 is 4.73 Å². The Morgan fingerprint density at radius 1 is 1.25 bits per heavy atom. The first-order valence-electron chi connectivity index (χ1n) is 9.65. The molecule has 0 radical (unpaired) electrons. The molecule has 2 heterocycles. The first-order valence-corrected chi connectivity index (χ1v) is 9.65. The van der Waals surface area contributed by atoms with Crippen LogP contribution in [0, 0.1) is 6.92 Å². The number of rotatable bonds is 5. The second-order valence-corrected chi connectivity index (χ2v) is 8.20. The van der Waals surface area contributed by atoms with Crippen molar-refractivity contribution in [3.63, 3.8) is 0 Å². The number of carbonyl (C=O) groups is 1. The van der Waals surface area contributed by atoms with Crippen molar-refractivity contribution in [1.82, 2.24) is 4.90 Å². The molecular weight excluding hydrogens is 356 g/mol. The van der Waals surface area contributed by atoms with Gasteiger partial charge in [0.15, 0.2) is 0 Å². The minimum Gasteiger partial charge on any atom is -0.446 e. The van der Waals surface area contributed by atoms with E-state index in [1.54, 1.807) is 24.9 Å². The van der Waals surface area contributed by atoms with Crippen LogP contribution in [0.3, 0.4) is 0 Å². The number of carbonyl (C=O) groups excluding carboxylic acids is 1. The molecule has 0 bridgehead atoms. The standard InChI is InChI=1S/C22H29N2O4/c1-15-13-19(9-12-24(15)27)18-7-5-17(6-8-18)16(2)23-11-10-20(28-21(23)25)14-22(3,4)26/h5-9,12-13,16,20,26-27H,10-11,14H2,1-4H3/q+1. The van der Waals surface area contributed by atoms with E-state index >= 15 is 0 Å². The monoisotopic (exact) mass is 385 g/mol. The Balaban J connectivity index is 1.68. The third-order valence-electron chi connectivity index (χ3n) is 5.24. The van der Waals surface area contributed by atoms with Crippen LogP contribution in [0.1, 0.15) is 50.9 Å². The Labute approximate surface area is 166 Å². The van der Waals surface area contributed by atoms with Gasteiger partial charge in [0.2, 0.25) is 11.9 Å². The lowest BCUT2D eigenvalue weighted by molar-refractivity contribution is -0.908. The molecule has 6 heteroatoms. The van der Waals surface area contributed by atoms with E-state index in [1.807, 2.05) is 50.2 Å². The zero-order valence-electron chi connectivity index (χ0n) is 16.9. The molecule has 6 nitrogen and oxygen atoms in total. The fourth-order valence-corrected chi connectivity index (χ4v) is 3.62. The van der Waals surface area contributed by atoms with E-state index in [4.69, 9.17) is 4.74 Å². The number of hydrogen-bond acceptors (Lipinski definition) is 4. The molecule has 1 aromatic carbocycles. The summed E-state index contributed by atoms with van der Waals surface area (Å²) in [6.07, 6.45) is 2.20. The van der Waals surface area contributed by atoms with E-state index in [-0.39, 0.29) is 18.2 Å². The summed E-state index contributed by atoms with van der Waals surface area (Å²) in [6, 6.07) is 11.8. The zero-order chi connectivity index (χ0) is 20.5. The summed E-state index contributed by atoms with van der Waals surface area (Å²) < 4.78 is 6.63. The minimum absolute atomic E-state index is 0.0956. The van der Waals surface area contributed by atoms with Gasteiger partial charge in [0.05, 0.1) is 11.6 Å². The Bertz CT molecular complexity index is 843. The van der Waals surface area contributed by atoms with Crippen molar-refractivity contribution in [3.05, 3.63) is 53.9 Å². The van der Waals surface area contributed by atoms with Crippen LogP contribution in [0.4, 0.5) is 4.79 Å². The van der Waals surface area contributed by atoms with Gasteiger partial charge in [-0.3, -0.25) is 5.21 Å². The lowest BCUT2D eigenvalue weighted by Gasteiger charge is -2.37. The van der Waals surface area contributed by atoms with E-state index < -0.39 is 5.60 Å². The smallest absolute Gasteiger partial charge is 0.410 e. The summed E-state index contributed by atoms with van der Waals surface area (Å²) >= 11 is 0. The van der Waals surface area contributed by atoms with Crippen LogP contribution in [0.2, 0.25) is 0 Å². The van der Waals surface area contributed by atoms with Gasteiger partial charge in [-0.25, -0.2) is 4.79 Å². The third kappa shape index (κ3) is 4.62. The third-order valence-corrected chi connectivity index (χ3v) is 5.24. The summed E-state index contributed by atoms with van der Waals surface area (Å²) in [4.78, 5) is 14.2. The molecule has 2 atom stereocenters. The molecule has 1 amide bonds. The molecule has 150 valence electrons. The van der Waals surface area contributed by atoms with Crippen LogP contribution in [0.25, 0.3) is 11.1 Å². The highest BCUT2D eigenvalue weighted by molar-refractivity contribution is 5.69. The van der Waals surface area contributed by atoms with Gasteiger partial charge in [-0.15, -0.1) is 0 Å². The van der Waals surface area contributed by atoms with Gasteiger partial charge in [-0.05, 0) is 37.5 Å². The number of amides is 1. The maximum Gasteiger partial charge on any atom is 0.410 e. The van der Waals surface area contributed by atoms with E-state index in [1.165, 1.54) is 0 Å². The number of benzene rings is 1. The summed E-state index contributed by atoms with van der Waals surface area (Å²) in [5.74, 6) is 0. The number of hydrogen-bond donors (Lipinski definition) is 2. The number of nitrogens with zero attached hydrogens (tertiary/aromatic N) is 2. The maximum absolute atomic E-state index is 12.5. The van der Waals surface area contributed by atoms with Crippen LogP contribution in [-0.4, -0.2) is 39.6 Å². The van der Waals surface area contributed by atoms with Gasteiger partial charge >= 0.3 is 6.09 Å². The predicted octanol–water partition coefficient (Wildman–Crippen LogP) is 3.62. The molecule has 1 fully saturated rings. The molecule has 1 aliphatic heterocycles. The summed E-state index contributed by atoms with van der Waals surface area (Å²) in [5.41, 5.74) is 3.01. The van der Waals surface area contributed by atoms with Crippen molar-refractivity contribution >= 4 is 6.09 Å². The van der Waals surface area contributed by atoms with Crippen molar-refractivity contribution < 1.29 is 24.6 Å². The van der Waals surface area contributed by atoms with Gasteiger partial charge < -0.3 is 14.7 Å². The predicted molar refractivity (Wildman–Crippen MR) is 105 cm³/mol. The quantitative estimate of drug-likeness (QED) is 0.609. The van der Waals surface area contributed by atoms with Crippen LogP contribution in [0.5, 0.6) is 0 Å². The second kappa shape index (κ2) is 7.80. The highest BCUT2D eigenvalue weighted by Crippen LogP contribution is 2.29.